The molecule has 4 nitrogen and oxygen atoms in total. The van der Waals surface area contributed by atoms with Gasteiger partial charge in [-0.25, -0.2) is 4.39 Å². The number of nitrogens with two attached hydrogens (primary N) is 1. The first-order chi connectivity index (χ1) is 9.01. The lowest BCUT2D eigenvalue weighted by atomic mass is 9.88. The Morgan fingerprint density at radius 2 is 2.16 bits per heavy atom. The molecule has 1 aliphatic heterocycles. The number of piperidine rings is 1. The average Bonchev–Trinajstić information content (AvgIpc) is 2.38. The van der Waals surface area contributed by atoms with Gasteiger partial charge in [-0.2, -0.15) is 0 Å². The van der Waals surface area contributed by atoms with Gasteiger partial charge in [0.2, 0.25) is 5.91 Å². The highest BCUT2D eigenvalue weighted by molar-refractivity contribution is 6.30. The Morgan fingerprint density at radius 3 is 2.79 bits per heavy atom. The molecule has 1 fully saturated rings. The van der Waals surface area contributed by atoms with Crippen molar-refractivity contribution >= 4 is 17.5 Å². The maximum Gasteiger partial charge on any atom is 0.240 e. The molecule has 0 atom stereocenters. The van der Waals surface area contributed by atoms with Crippen LogP contribution >= 0.6 is 11.6 Å². The normalized spacial score (nSPS) is 18.1. The first-order valence-corrected chi connectivity index (χ1v) is 6.61. The van der Waals surface area contributed by atoms with Crippen LogP contribution in [0.1, 0.15) is 18.4 Å². The van der Waals surface area contributed by atoms with E-state index in [0.717, 1.165) is 13.1 Å². The summed E-state index contributed by atoms with van der Waals surface area (Å²) in [6.45, 7) is 1.56. The fourth-order valence-corrected chi connectivity index (χ4v) is 2.28. The molecule has 1 saturated heterocycles. The molecule has 0 aliphatic carbocycles. The standard InChI is InChI=1S/C13H17ClFN3O/c14-10-2-1-9(11(15)7-10)8-18-12(19)13(16)3-5-17-6-4-13/h1-2,7,17H,3-6,8,16H2,(H,18,19). The van der Waals surface area contributed by atoms with Gasteiger partial charge in [-0.3, -0.25) is 4.79 Å². The summed E-state index contributed by atoms with van der Waals surface area (Å²) >= 11 is 5.67. The molecule has 1 amide bonds. The van der Waals surface area contributed by atoms with Gasteiger partial charge in [0.05, 0.1) is 5.54 Å². The van der Waals surface area contributed by atoms with Gasteiger partial charge >= 0.3 is 0 Å². The Bertz CT molecular complexity index is 475. The summed E-state index contributed by atoms with van der Waals surface area (Å²) in [7, 11) is 0. The lowest BCUT2D eigenvalue weighted by Gasteiger charge is -2.32. The first-order valence-electron chi connectivity index (χ1n) is 6.23. The number of carbonyl (C=O) groups is 1. The van der Waals surface area contributed by atoms with Crippen molar-refractivity contribution in [2.24, 2.45) is 5.73 Å². The van der Waals surface area contributed by atoms with Crippen LogP contribution in [0.25, 0.3) is 0 Å². The number of carbonyl (C=O) groups excluding carboxylic acids is 1. The summed E-state index contributed by atoms with van der Waals surface area (Å²) in [4.78, 5) is 12.1. The van der Waals surface area contributed by atoms with Gasteiger partial charge < -0.3 is 16.4 Å². The summed E-state index contributed by atoms with van der Waals surface area (Å²) in [5.74, 6) is -0.660. The average molecular weight is 286 g/mol. The number of amides is 1. The van der Waals surface area contributed by atoms with Gasteiger partial charge in [-0.15, -0.1) is 0 Å². The van der Waals surface area contributed by atoms with Gasteiger partial charge in [0, 0.05) is 17.1 Å². The maximum absolute atomic E-state index is 13.6. The zero-order valence-corrected chi connectivity index (χ0v) is 11.3. The lowest BCUT2D eigenvalue weighted by molar-refractivity contribution is -0.127. The molecule has 1 heterocycles. The van der Waals surface area contributed by atoms with E-state index in [1.807, 2.05) is 0 Å². The SMILES string of the molecule is NC1(C(=O)NCc2ccc(Cl)cc2F)CCNCC1. The molecule has 0 saturated carbocycles. The molecule has 104 valence electrons. The van der Waals surface area contributed by atoms with Crippen molar-refractivity contribution in [3.8, 4) is 0 Å². The van der Waals surface area contributed by atoms with E-state index in [0.29, 0.717) is 23.4 Å². The van der Waals surface area contributed by atoms with Crippen LogP contribution < -0.4 is 16.4 Å². The second-order valence-corrected chi connectivity index (χ2v) is 5.26. The molecular formula is C13H17ClFN3O. The molecule has 2 rings (SSSR count). The minimum Gasteiger partial charge on any atom is -0.350 e. The van der Waals surface area contributed by atoms with E-state index in [1.165, 1.54) is 6.07 Å². The minimum absolute atomic E-state index is 0.119. The lowest BCUT2D eigenvalue weighted by Crippen LogP contribution is -2.58. The highest BCUT2D eigenvalue weighted by Gasteiger charge is 2.34. The van der Waals surface area contributed by atoms with Crippen molar-refractivity contribution in [1.82, 2.24) is 10.6 Å². The second-order valence-electron chi connectivity index (χ2n) is 4.82. The Balaban J connectivity index is 1.96. The number of rotatable bonds is 3. The largest absolute Gasteiger partial charge is 0.350 e. The minimum atomic E-state index is -0.853. The topological polar surface area (TPSA) is 67.2 Å². The molecule has 0 spiro atoms. The molecule has 0 aromatic heterocycles. The van der Waals surface area contributed by atoms with Crippen LogP contribution in [0.5, 0.6) is 0 Å². The Labute approximate surface area is 116 Å². The van der Waals surface area contributed by atoms with Crippen LogP contribution in [0.4, 0.5) is 4.39 Å². The van der Waals surface area contributed by atoms with Crippen molar-refractivity contribution in [2.75, 3.05) is 13.1 Å². The molecule has 0 unspecified atom stereocenters. The van der Waals surface area contributed by atoms with Crippen molar-refractivity contribution in [2.45, 2.75) is 24.9 Å². The summed E-state index contributed by atoms with van der Waals surface area (Å²) in [5.41, 5.74) is 5.61. The van der Waals surface area contributed by atoms with Crippen LogP contribution in [0.2, 0.25) is 5.02 Å². The molecule has 1 aliphatic rings. The molecule has 0 bridgehead atoms. The third-order valence-corrected chi connectivity index (χ3v) is 3.64. The third kappa shape index (κ3) is 3.43. The zero-order chi connectivity index (χ0) is 13.9. The number of hydrogen-bond acceptors (Lipinski definition) is 3. The summed E-state index contributed by atoms with van der Waals surface area (Å²) in [6, 6.07) is 4.38. The fraction of sp³-hybridized carbons (Fsp3) is 0.462. The quantitative estimate of drug-likeness (QED) is 0.781. The van der Waals surface area contributed by atoms with Crippen LogP contribution in [-0.4, -0.2) is 24.5 Å². The van der Waals surface area contributed by atoms with Crippen LogP contribution in [-0.2, 0) is 11.3 Å². The van der Waals surface area contributed by atoms with Crippen molar-refractivity contribution in [3.05, 3.63) is 34.6 Å². The van der Waals surface area contributed by atoms with Crippen molar-refractivity contribution in [3.63, 3.8) is 0 Å². The Morgan fingerprint density at radius 1 is 1.47 bits per heavy atom. The zero-order valence-electron chi connectivity index (χ0n) is 10.5. The van der Waals surface area contributed by atoms with Crippen LogP contribution in [0.3, 0.4) is 0 Å². The maximum atomic E-state index is 13.6. The molecule has 19 heavy (non-hydrogen) atoms. The highest BCUT2D eigenvalue weighted by Crippen LogP contribution is 2.17. The van der Waals surface area contributed by atoms with E-state index in [9.17, 15) is 9.18 Å². The monoisotopic (exact) mass is 285 g/mol. The Kier molecular flexibility index (Phi) is 4.39. The number of halogens is 2. The number of nitrogens with one attached hydrogen (secondary N) is 2. The molecule has 4 N–H and O–H groups in total. The molecular weight excluding hydrogens is 269 g/mol. The number of benzene rings is 1. The van der Waals surface area contributed by atoms with Gasteiger partial charge in [0.1, 0.15) is 5.82 Å². The summed E-state index contributed by atoms with van der Waals surface area (Å²) in [5, 5.41) is 6.18. The van der Waals surface area contributed by atoms with Gasteiger partial charge in [0.25, 0.3) is 0 Å². The highest BCUT2D eigenvalue weighted by atomic mass is 35.5. The van der Waals surface area contributed by atoms with Crippen LogP contribution in [0, 0.1) is 5.82 Å². The van der Waals surface area contributed by atoms with Crippen molar-refractivity contribution in [1.29, 1.82) is 0 Å². The predicted octanol–water partition coefficient (Wildman–Crippen LogP) is 1.18. The van der Waals surface area contributed by atoms with E-state index < -0.39 is 11.4 Å². The van der Waals surface area contributed by atoms with Crippen molar-refractivity contribution < 1.29 is 9.18 Å². The third-order valence-electron chi connectivity index (χ3n) is 3.40. The molecule has 1 aromatic rings. The Hall–Kier alpha value is -1.17. The molecule has 6 heteroatoms. The van der Waals surface area contributed by atoms with E-state index in [1.54, 1.807) is 12.1 Å². The smallest absolute Gasteiger partial charge is 0.240 e. The van der Waals surface area contributed by atoms with E-state index in [-0.39, 0.29) is 12.5 Å². The van der Waals surface area contributed by atoms with E-state index >= 15 is 0 Å². The van der Waals surface area contributed by atoms with Gasteiger partial charge in [-0.1, -0.05) is 17.7 Å². The van der Waals surface area contributed by atoms with Gasteiger partial charge in [-0.05, 0) is 38.1 Å². The second kappa shape index (κ2) is 5.86. The van der Waals surface area contributed by atoms with E-state index in [4.69, 9.17) is 17.3 Å². The molecule has 0 radical (unpaired) electrons. The molecule has 1 aromatic carbocycles. The van der Waals surface area contributed by atoms with Gasteiger partial charge in [0.15, 0.2) is 0 Å². The number of hydrogen-bond donors (Lipinski definition) is 3. The summed E-state index contributed by atoms with van der Waals surface area (Å²) < 4.78 is 13.6. The fourth-order valence-electron chi connectivity index (χ4n) is 2.12. The summed E-state index contributed by atoms with van der Waals surface area (Å²) in [6.07, 6.45) is 1.17. The van der Waals surface area contributed by atoms with Crippen LogP contribution in [0.15, 0.2) is 18.2 Å². The predicted molar refractivity (Wildman–Crippen MR) is 72.3 cm³/mol. The van der Waals surface area contributed by atoms with E-state index in [2.05, 4.69) is 10.6 Å². The first kappa shape index (κ1) is 14.2.